The number of nitrogens with one attached hydrogen (secondary N) is 1. The van der Waals surface area contributed by atoms with Crippen LogP contribution in [0.5, 0.6) is 0 Å². The van der Waals surface area contributed by atoms with E-state index >= 15 is 0 Å². The number of allylic oxidation sites excluding steroid dienone is 2. The standard InChI is InChI=1S/C10H14N2O/c1-2-10(13)12-7-11-8-5-3-4-6-9(8)12/h3-4,6,8,11H,2,5,7H2,1H3. The molecular weight excluding hydrogens is 164 g/mol. The van der Waals surface area contributed by atoms with Gasteiger partial charge in [-0.05, 0) is 12.5 Å². The van der Waals surface area contributed by atoms with Gasteiger partial charge in [0.05, 0.1) is 12.7 Å². The maximum atomic E-state index is 11.5. The number of hydrogen-bond acceptors (Lipinski definition) is 2. The SMILES string of the molecule is CCC(=O)N1CNC2CC=CC=C21. The molecule has 1 unspecified atom stereocenters. The molecule has 0 aromatic heterocycles. The zero-order chi connectivity index (χ0) is 9.26. The summed E-state index contributed by atoms with van der Waals surface area (Å²) in [5.41, 5.74) is 1.13. The van der Waals surface area contributed by atoms with Crippen molar-refractivity contribution in [1.29, 1.82) is 0 Å². The van der Waals surface area contributed by atoms with E-state index < -0.39 is 0 Å². The minimum absolute atomic E-state index is 0.205. The van der Waals surface area contributed by atoms with Crippen LogP contribution in [-0.2, 0) is 4.79 Å². The minimum Gasteiger partial charge on any atom is -0.301 e. The molecule has 13 heavy (non-hydrogen) atoms. The molecule has 3 nitrogen and oxygen atoms in total. The molecule has 1 aliphatic carbocycles. The molecule has 1 heterocycles. The maximum Gasteiger partial charge on any atom is 0.227 e. The van der Waals surface area contributed by atoms with Gasteiger partial charge in [0, 0.05) is 12.1 Å². The second-order valence-corrected chi connectivity index (χ2v) is 3.35. The van der Waals surface area contributed by atoms with E-state index in [1.54, 1.807) is 0 Å². The number of rotatable bonds is 1. The third kappa shape index (κ3) is 1.40. The monoisotopic (exact) mass is 178 g/mol. The number of hydrogen-bond donors (Lipinski definition) is 1. The molecule has 70 valence electrons. The van der Waals surface area contributed by atoms with Crippen molar-refractivity contribution in [2.75, 3.05) is 6.67 Å². The molecule has 2 aliphatic rings. The van der Waals surface area contributed by atoms with E-state index in [1.165, 1.54) is 0 Å². The molecule has 3 heteroatoms. The van der Waals surface area contributed by atoms with Crippen LogP contribution in [0, 0.1) is 0 Å². The van der Waals surface area contributed by atoms with E-state index in [1.807, 2.05) is 24.0 Å². The van der Waals surface area contributed by atoms with E-state index in [0.717, 1.165) is 12.1 Å². The van der Waals surface area contributed by atoms with Gasteiger partial charge in [-0.1, -0.05) is 19.1 Å². The first-order chi connectivity index (χ1) is 6.33. The van der Waals surface area contributed by atoms with Crippen molar-refractivity contribution in [3.8, 4) is 0 Å². The van der Waals surface area contributed by atoms with Crippen molar-refractivity contribution in [3.63, 3.8) is 0 Å². The first kappa shape index (κ1) is 8.51. The van der Waals surface area contributed by atoms with Crippen LogP contribution in [0.3, 0.4) is 0 Å². The molecule has 1 saturated heterocycles. The van der Waals surface area contributed by atoms with Crippen LogP contribution in [-0.4, -0.2) is 23.5 Å². The summed E-state index contributed by atoms with van der Waals surface area (Å²) >= 11 is 0. The molecule has 1 aliphatic heterocycles. The van der Waals surface area contributed by atoms with Crippen LogP contribution in [0.15, 0.2) is 23.9 Å². The summed E-state index contributed by atoms with van der Waals surface area (Å²) in [6, 6.07) is 0.362. The number of carbonyl (C=O) groups excluding carboxylic acids is 1. The largest absolute Gasteiger partial charge is 0.301 e. The summed E-state index contributed by atoms with van der Waals surface area (Å²) in [7, 11) is 0. The van der Waals surface area contributed by atoms with Gasteiger partial charge in [0.25, 0.3) is 0 Å². The summed E-state index contributed by atoms with van der Waals surface area (Å²) in [6.45, 7) is 2.57. The Kier molecular flexibility index (Phi) is 2.19. The van der Waals surface area contributed by atoms with E-state index in [9.17, 15) is 4.79 Å². The van der Waals surface area contributed by atoms with E-state index in [-0.39, 0.29) is 5.91 Å². The van der Waals surface area contributed by atoms with E-state index in [4.69, 9.17) is 0 Å². The van der Waals surface area contributed by atoms with Crippen molar-refractivity contribution in [1.82, 2.24) is 10.2 Å². The predicted molar refractivity (Wildman–Crippen MR) is 50.8 cm³/mol. The highest BCUT2D eigenvalue weighted by molar-refractivity contribution is 5.78. The molecule has 1 N–H and O–H groups in total. The van der Waals surface area contributed by atoms with Gasteiger partial charge in [-0.25, -0.2) is 0 Å². The zero-order valence-corrected chi connectivity index (χ0v) is 7.79. The lowest BCUT2D eigenvalue weighted by molar-refractivity contribution is -0.128. The average Bonchev–Trinajstić information content (AvgIpc) is 2.60. The van der Waals surface area contributed by atoms with Crippen LogP contribution in [0.1, 0.15) is 19.8 Å². The summed E-state index contributed by atoms with van der Waals surface area (Å²) in [6.07, 6.45) is 7.76. The van der Waals surface area contributed by atoms with Crippen molar-refractivity contribution < 1.29 is 4.79 Å². The Hall–Kier alpha value is -1.09. The van der Waals surface area contributed by atoms with Gasteiger partial charge < -0.3 is 4.90 Å². The summed E-state index contributed by atoms with van der Waals surface area (Å²) < 4.78 is 0. The van der Waals surface area contributed by atoms with Gasteiger partial charge in [0.1, 0.15) is 0 Å². The number of nitrogens with zero attached hydrogens (tertiary/aromatic N) is 1. The molecule has 0 bridgehead atoms. The molecule has 0 aromatic carbocycles. The number of fused-ring (bicyclic) bond motifs is 1. The topological polar surface area (TPSA) is 32.3 Å². The molecular formula is C10H14N2O. The molecule has 1 atom stereocenters. The second kappa shape index (κ2) is 3.34. The molecule has 0 aromatic rings. The van der Waals surface area contributed by atoms with Gasteiger partial charge in [-0.3, -0.25) is 10.1 Å². The van der Waals surface area contributed by atoms with Crippen LogP contribution < -0.4 is 5.32 Å². The molecule has 0 radical (unpaired) electrons. The van der Waals surface area contributed by atoms with Gasteiger partial charge in [-0.2, -0.15) is 0 Å². The van der Waals surface area contributed by atoms with Crippen LogP contribution in [0.25, 0.3) is 0 Å². The quantitative estimate of drug-likeness (QED) is 0.649. The highest BCUT2D eigenvalue weighted by Gasteiger charge is 2.30. The smallest absolute Gasteiger partial charge is 0.227 e. The fourth-order valence-corrected chi connectivity index (χ4v) is 1.80. The van der Waals surface area contributed by atoms with Crippen LogP contribution in [0.2, 0.25) is 0 Å². The molecule has 0 spiro atoms. The molecule has 1 fully saturated rings. The highest BCUT2D eigenvalue weighted by Crippen LogP contribution is 2.22. The van der Waals surface area contributed by atoms with Gasteiger partial charge >= 0.3 is 0 Å². The van der Waals surface area contributed by atoms with Gasteiger partial charge in [-0.15, -0.1) is 0 Å². The molecule has 2 rings (SSSR count). The number of amides is 1. The average molecular weight is 178 g/mol. The predicted octanol–water partition coefficient (Wildman–Crippen LogP) is 0.998. The maximum absolute atomic E-state index is 11.5. The Bertz CT molecular complexity index is 281. The molecule has 0 saturated carbocycles. The van der Waals surface area contributed by atoms with Gasteiger partial charge in [0.2, 0.25) is 5.91 Å². The lowest BCUT2D eigenvalue weighted by atomic mass is 10.1. The molecule has 1 amide bonds. The Labute approximate surface area is 78.1 Å². The van der Waals surface area contributed by atoms with Crippen molar-refractivity contribution in [3.05, 3.63) is 23.9 Å². The van der Waals surface area contributed by atoms with Crippen molar-refractivity contribution >= 4 is 5.91 Å². The Morgan fingerprint density at radius 1 is 1.77 bits per heavy atom. The highest BCUT2D eigenvalue weighted by atomic mass is 16.2. The lowest BCUT2D eigenvalue weighted by Crippen LogP contribution is -2.27. The van der Waals surface area contributed by atoms with Gasteiger partial charge in [0.15, 0.2) is 0 Å². The first-order valence-electron chi connectivity index (χ1n) is 4.73. The fraction of sp³-hybridized carbons (Fsp3) is 0.500. The minimum atomic E-state index is 0.205. The summed E-state index contributed by atoms with van der Waals surface area (Å²) in [4.78, 5) is 13.3. The van der Waals surface area contributed by atoms with E-state index in [2.05, 4.69) is 11.4 Å². The van der Waals surface area contributed by atoms with Crippen LogP contribution in [0.4, 0.5) is 0 Å². The Morgan fingerprint density at radius 3 is 3.38 bits per heavy atom. The third-order valence-electron chi connectivity index (χ3n) is 2.54. The zero-order valence-electron chi connectivity index (χ0n) is 7.79. The fourth-order valence-electron chi connectivity index (χ4n) is 1.80. The summed E-state index contributed by atoms with van der Waals surface area (Å²) in [5, 5.41) is 3.31. The van der Waals surface area contributed by atoms with Crippen molar-refractivity contribution in [2.45, 2.75) is 25.8 Å². The Balaban J connectivity index is 2.19. The Morgan fingerprint density at radius 2 is 2.62 bits per heavy atom. The summed E-state index contributed by atoms with van der Waals surface area (Å²) in [5.74, 6) is 0.205. The second-order valence-electron chi connectivity index (χ2n) is 3.35. The first-order valence-corrected chi connectivity index (χ1v) is 4.73. The van der Waals surface area contributed by atoms with Crippen molar-refractivity contribution in [2.24, 2.45) is 0 Å². The number of carbonyl (C=O) groups is 1. The lowest BCUT2D eigenvalue weighted by Gasteiger charge is -2.19. The normalized spacial score (nSPS) is 25.8. The van der Waals surface area contributed by atoms with Crippen LogP contribution >= 0.6 is 0 Å². The third-order valence-corrected chi connectivity index (χ3v) is 2.54. The van der Waals surface area contributed by atoms with E-state index in [0.29, 0.717) is 19.1 Å².